The first kappa shape index (κ1) is 14.8. The molecule has 22 heavy (non-hydrogen) atoms. The number of carbonyl (C=O) groups excluding carboxylic acids is 1. The fraction of sp³-hybridized carbons (Fsp3) is 0. The second kappa shape index (κ2) is 5.58. The Balaban J connectivity index is 2.00. The number of amidine groups is 1. The molecule has 1 heterocycles. The number of benzene rings is 2. The molecule has 1 N–H and O–H groups in total. The molecule has 1 aliphatic rings. The van der Waals surface area contributed by atoms with Gasteiger partial charge in [0.25, 0.3) is 0 Å². The molecule has 1 fully saturated rings. The lowest BCUT2D eigenvalue weighted by molar-refractivity contribution is 0.257. The maximum Gasteiger partial charge on any atom is 0.340 e. The van der Waals surface area contributed by atoms with Gasteiger partial charge in [-0.1, -0.05) is 28.1 Å². The molecule has 2 aromatic carbocycles. The number of anilines is 2. The van der Waals surface area contributed by atoms with Gasteiger partial charge in [0.1, 0.15) is 5.82 Å². The zero-order chi connectivity index (χ0) is 15.9. The fourth-order valence-corrected chi connectivity index (χ4v) is 2.67. The minimum atomic E-state index is -0.455. The van der Waals surface area contributed by atoms with Gasteiger partial charge in [0, 0.05) is 4.47 Å². The van der Waals surface area contributed by atoms with Crippen molar-refractivity contribution in [2.24, 2.45) is 0 Å². The first-order valence-electron chi connectivity index (χ1n) is 6.27. The molecule has 0 bridgehead atoms. The van der Waals surface area contributed by atoms with Crippen molar-refractivity contribution in [3.05, 3.63) is 58.8 Å². The molecule has 3 rings (SSSR count). The molecule has 4 nitrogen and oxygen atoms in total. The summed E-state index contributed by atoms with van der Waals surface area (Å²) in [7, 11) is 0. The number of nitrogens with zero attached hydrogens (tertiary/aromatic N) is 2. The predicted molar refractivity (Wildman–Crippen MR) is 91.2 cm³/mol. The number of hydrogen-bond donors (Lipinski definition) is 1. The maximum absolute atomic E-state index is 13.0. The highest BCUT2D eigenvalue weighted by Crippen LogP contribution is 2.28. The van der Waals surface area contributed by atoms with E-state index in [1.54, 1.807) is 24.3 Å². The molecule has 110 valence electrons. The molecule has 0 radical (unpaired) electrons. The summed E-state index contributed by atoms with van der Waals surface area (Å²) in [4.78, 5) is 15.2. The van der Waals surface area contributed by atoms with E-state index in [0.717, 1.165) is 9.37 Å². The van der Waals surface area contributed by atoms with Crippen molar-refractivity contribution < 1.29 is 9.18 Å². The average Bonchev–Trinajstić information content (AvgIpc) is 2.72. The van der Waals surface area contributed by atoms with E-state index >= 15 is 0 Å². The Labute approximate surface area is 139 Å². The van der Waals surface area contributed by atoms with Gasteiger partial charge in [-0.05, 0) is 48.5 Å². The van der Waals surface area contributed by atoms with E-state index in [1.807, 2.05) is 0 Å². The van der Waals surface area contributed by atoms with Crippen molar-refractivity contribution in [1.29, 1.82) is 5.41 Å². The van der Waals surface area contributed by atoms with E-state index in [4.69, 9.17) is 17.6 Å². The molecule has 2 amide bonds. The van der Waals surface area contributed by atoms with Crippen LogP contribution in [0.3, 0.4) is 0 Å². The van der Waals surface area contributed by atoms with Crippen molar-refractivity contribution in [2.75, 3.05) is 9.80 Å². The van der Waals surface area contributed by atoms with Gasteiger partial charge in [-0.2, -0.15) is 0 Å². The highest BCUT2D eigenvalue weighted by Gasteiger charge is 2.40. The van der Waals surface area contributed by atoms with E-state index in [1.165, 1.54) is 29.2 Å². The van der Waals surface area contributed by atoms with Crippen molar-refractivity contribution >= 4 is 56.4 Å². The lowest BCUT2D eigenvalue weighted by atomic mass is 10.3. The van der Waals surface area contributed by atoms with Crippen LogP contribution in [0.25, 0.3) is 0 Å². The zero-order valence-electron chi connectivity index (χ0n) is 11.1. The number of hydrogen-bond acceptors (Lipinski definition) is 3. The Kier molecular flexibility index (Phi) is 3.76. The fourth-order valence-electron chi connectivity index (χ4n) is 2.13. The van der Waals surface area contributed by atoms with Crippen LogP contribution < -0.4 is 9.80 Å². The molecule has 7 heteroatoms. The van der Waals surface area contributed by atoms with Gasteiger partial charge in [0.2, 0.25) is 0 Å². The normalized spacial score (nSPS) is 14.9. The van der Waals surface area contributed by atoms with Crippen LogP contribution in [0, 0.1) is 11.2 Å². The molecule has 0 aliphatic carbocycles. The minimum absolute atomic E-state index is 0.102. The molecule has 1 saturated heterocycles. The number of thiocarbonyl (C=S) groups is 1. The van der Waals surface area contributed by atoms with Crippen LogP contribution in [-0.2, 0) is 0 Å². The summed E-state index contributed by atoms with van der Waals surface area (Å²) in [5.41, 5.74) is 0.978. The first-order valence-corrected chi connectivity index (χ1v) is 7.47. The van der Waals surface area contributed by atoms with Crippen LogP contribution in [-0.4, -0.2) is 16.9 Å². The smallest absolute Gasteiger partial charge is 0.281 e. The van der Waals surface area contributed by atoms with Crippen LogP contribution in [0.5, 0.6) is 0 Å². The van der Waals surface area contributed by atoms with E-state index in [2.05, 4.69) is 15.9 Å². The molecular weight excluding hydrogens is 369 g/mol. The predicted octanol–water partition coefficient (Wildman–Crippen LogP) is 4.34. The number of nitrogens with one attached hydrogen (secondary N) is 1. The van der Waals surface area contributed by atoms with Crippen LogP contribution >= 0.6 is 28.1 Å². The Morgan fingerprint density at radius 2 is 1.45 bits per heavy atom. The summed E-state index contributed by atoms with van der Waals surface area (Å²) in [5, 5.41) is 8.07. The number of rotatable bonds is 2. The highest BCUT2D eigenvalue weighted by molar-refractivity contribution is 9.10. The summed E-state index contributed by atoms with van der Waals surface area (Å²) in [6, 6.07) is 11.9. The SMILES string of the molecule is N=C1C(=S)N(c2ccc(Br)cc2)C(=O)N1c1ccc(F)cc1. The molecule has 0 saturated carbocycles. The average molecular weight is 378 g/mol. The van der Waals surface area contributed by atoms with Crippen molar-refractivity contribution in [3.8, 4) is 0 Å². The van der Waals surface area contributed by atoms with E-state index < -0.39 is 11.8 Å². The maximum atomic E-state index is 13.0. The third-order valence-corrected chi connectivity index (χ3v) is 4.09. The largest absolute Gasteiger partial charge is 0.340 e. The van der Waals surface area contributed by atoms with Crippen molar-refractivity contribution in [2.45, 2.75) is 0 Å². The second-order valence-corrected chi connectivity index (χ2v) is 5.86. The van der Waals surface area contributed by atoms with Crippen LogP contribution in [0.15, 0.2) is 53.0 Å². The topological polar surface area (TPSA) is 47.4 Å². The summed E-state index contributed by atoms with van der Waals surface area (Å²) >= 11 is 8.54. The lowest BCUT2D eigenvalue weighted by Gasteiger charge is -2.17. The van der Waals surface area contributed by atoms with Gasteiger partial charge < -0.3 is 0 Å². The second-order valence-electron chi connectivity index (χ2n) is 4.56. The monoisotopic (exact) mass is 377 g/mol. The summed E-state index contributed by atoms with van der Waals surface area (Å²) < 4.78 is 13.9. The molecular formula is C15H9BrFN3OS. The summed E-state index contributed by atoms with van der Waals surface area (Å²) in [6.45, 7) is 0. The standard InChI is InChI=1S/C15H9BrFN3OS/c16-9-1-5-12(6-2-9)20-14(22)13(18)19(15(20)21)11-7-3-10(17)4-8-11/h1-8,18H. The van der Waals surface area contributed by atoms with E-state index in [9.17, 15) is 9.18 Å². The third kappa shape index (κ3) is 2.42. The first-order chi connectivity index (χ1) is 10.5. The van der Waals surface area contributed by atoms with Gasteiger partial charge in [0.05, 0.1) is 11.4 Å². The Hall–Kier alpha value is -2.12. The van der Waals surface area contributed by atoms with Crippen LogP contribution in [0.1, 0.15) is 0 Å². The van der Waals surface area contributed by atoms with E-state index in [0.29, 0.717) is 11.4 Å². The summed E-state index contributed by atoms with van der Waals surface area (Å²) in [5.74, 6) is -0.510. The Morgan fingerprint density at radius 3 is 2.05 bits per heavy atom. The molecule has 0 aromatic heterocycles. The zero-order valence-corrected chi connectivity index (χ0v) is 13.5. The molecule has 0 atom stereocenters. The molecule has 1 aliphatic heterocycles. The van der Waals surface area contributed by atoms with Crippen molar-refractivity contribution in [1.82, 2.24) is 0 Å². The number of carbonyl (C=O) groups is 1. The Morgan fingerprint density at radius 1 is 0.955 bits per heavy atom. The van der Waals surface area contributed by atoms with Gasteiger partial charge in [0.15, 0.2) is 10.8 Å². The quantitative estimate of drug-likeness (QED) is 0.791. The number of halogens is 2. The van der Waals surface area contributed by atoms with E-state index in [-0.39, 0.29) is 10.8 Å². The molecule has 0 unspecified atom stereocenters. The van der Waals surface area contributed by atoms with Gasteiger partial charge in [-0.15, -0.1) is 0 Å². The Bertz CT molecular complexity index is 711. The van der Waals surface area contributed by atoms with Crippen LogP contribution in [0.4, 0.5) is 20.6 Å². The van der Waals surface area contributed by atoms with Gasteiger partial charge >= 0.3 is 6.03 Å². The highest BCUT2D eigenvalue weighted by atomic mass is 79.9. The number of amides is 2. The van der Waals surface area contributed by atoms with Crippen LogP contribution in [0.2, 0.25) is 0 Å². The molecule has 0 spiro atoms. The van der Waals surface area contributed by atoms with Gasteiger partial charge in [-0.3, -0.25) is 5.41 Å². The lowest BCUT2D eigenvalue weighted by Crippen LogP contribution is -2.33. The van der Waals surface area contributed by atoms with Gasteiger partial charge in [-0.25, -0.2) is 19.0 Å². The third-order valence-electron chi connectivity index (χ3n) is 3.18. The minimum Gasteiger partial charge on any atom is -0.281 e. The summed E-state index contributed by atoms with van der Waals surface area (Å²) in [6.07, 6.45) is 0. The molecule has 2 aromatic rings. The van der Waals surface area contributed by atoms with Crippen molar-refractivity contribution in [3.63, 3.8) is 0 Å². The number of urea groups is 1.